The Bertz CT molecular complexity index is 2400. The normalized spacial score (nSPS) is 16.8. The van der Waals surface area contributed by atoms with Gasteiger partial charge in [-0.15, -0.1) is 10.2 Å². The highest BCUT2D eigenvalue weighted by Gasteiger charge is 2.66. The van der Waals surface area contributed by atoms with Crippen molar-refractivity contribution in [2.45, 2.75) is 22.2 Å². The second-order valence-corrected chi connectivity index (χ2v) is 14.9. The zero-order chi connectivity index (χ0) is 33.3. The molecule has 0 N–H and O–H groups in total. The molecule has 14 heteroatoms. The van der Waals surface area contributed by atoms with Crippen LogP contribution in [0, 0.1) is 0 Å². The molecular weight excluding hydrogens is 734 g/mol. The maximum absolute atomic E-state index is 15.1. The molecule has 6 aromatic rings. The van der Waals surface area contributed by atoms with E-state index in [9.17, 15) is 9.59 Å². The van der Waals surface area contributed by atoms with Crippen LogP contribution in [-0.2, 0) is 22.6 Å². The number of nitrogens with zero attached hydrogens (tertiary/aromatic N) is 4. The number of para-hydroxylation sites is 1. The van der Waals surface area contributed by atoms with E-state index in [1.54, 1.807) is 54.6 Å². The molecule has 4 heterocycles. The lowest BCUT2D eigenvalue weighted by Crippen LogP contribution is -2.53. The van der Waals surface area contributed by atoms with Crippen molar-refractivity contribution in [2.75, 3.05) is 9.80 Å². The van der Waals surface area contributed by atoms with E-state index in [2.05, 4.69) is 10.2 Å². The monoisotopic (exact) mass is 750 g/mol. The van der Waals surface area contributed by atoms with Crippen molar-refractivity contribution < 1.29 is 14.0 Å². The van der Waals surface area contributed by atoms with Gasteiger partial charge in [0.05, 0.1) is 23.2 Å². The molecule has 0 fully saturated rings. The fourth-order valence-electron chi connectivity index (χ4n) is 6.22. The van der Waals surface area contributed by atoms with Crippen LogP contribution < -0.4 is 15.2 Å². The Balaban J connectivity index is 1.32. The number of thioether (sulfide) groups is 1. The number of hydrogen-bond acceptors (Lipinski definition) is 8. The molecule has 2 aromatic heterocycles. The summed E-state index contributed by atoms with van der Waals surface area (Å²) in [6, 6.07) is 24.0. The van der Waals surface area contributed by atoms with E-state index in [1.807, 2.05) is 18.2 Å². The molecule has 48 heavy (non-hydrogen) atoms. The topological polar surface area (TPSA) is 96.6 Å². The van der Waals surface area contributed by atoms with Gasteiger partial charge in [0.2, 0.25) is 10.9 Å². The number of benzene rings is 4. The van der Waals surface area contributed by atoms with Crippen LogP contribution in [0.2, 0.25) is 20.1 Å². The zero-order valence-electron chi connectivity index (χ0n) is 24.2. The summed E-state index contributed by atoms with van der Waals surface area (Å²) in [7, 11) is 0. The van der Waals surface area contributed by atoms with Gasteiger partial charge in [0, 0.05) is 31.4 Å². The van der Waals surface area contributed by atoms with Crippen LogP contribution in [0.15, 0.2) is 98.5 Å². The molecule has 1 unspecified atom stereocenters. The summed E-state index contributed by atoms with van der Waals surface area (Å²) in [6.45, 7) is 0.0818. The number of fused-ring (bicyclic) bond motifs is 5. The molecule has 0 aliphatic carbocycles. The predicted octanol–water partition coefficient (Wildman–Crippen LogP) is 9.00. The minimum Gasteiger partial charge on any atom is -0.450 e. The second kappa shape index (κ2) is 11.9. The summed E-state index contributed by atoms with van der Waals surface area (Å²) in [4.78, 5) is 47.0. The molecular formula is C34H18Cl4N4O4S2. The van der Waals surface area contributed by atoms with Gasteiger partial charge in [-0.25, -0.2) is 0 Å². The number of anilines is 2. The first-order valence-corrected chi connectivity index (χ1v) is 17.7. The van der Waals surface area contributed by atoms with Crippen LogP contribution in [0.3, 0.4) is 0 Å². The van der Waals surface area contributed by atoms with Crippen molar-refractivity contribution in [2.24, 2.45) is 0 Å². The van der Waals surface area contributed by atoms with Crippen LogP contribution in [-0.4, -0.2) is 22.0 Å². The minimum absolute atomic E-state index is 0.0818. The Kier molecular flexibility index (Phi) is 7.78. The number of hydrogen-bond donors (Lipinski definition) is 0. The van der Waals surface area contributed by atoms with Crippen LogP contribution in [0.5, 0.6) is 0 Å². The van der Waals surface area contributed by atoms with E-state index in [4.69, 9.17) is 50.8 Å². The number of carbonyl (C=O) groups excluding carboxylic acids is 2. The van der Waals surface area contributed by atoms with E-state index in [1.165, 1.54) is 33.7 Å². The molecule has 2 amide bonds. The molecule has 2 aliphatic heterocycles. The number of carbonyl (C=O) groups is 2. The van der Waals surface area contributed by atoms with Crippen molar-refractivity contribution in [1.82, 2.24) is 10.2 Å². The molecule has 8 rings (SSSR count). The summed E-state index contributed by atoms with van der Waals surface area (Å²) in [5, 5.41) is 10.8. The van der Waals surface area contributed by atoms with Gasteiger partial charge in [-0.3, -0.25) is 19.3 Å². The van der Waals surface area contributed by atoms with Gasteiger partial charge in [0.15, 0.2) is 15.3 Å². The first kappa shape index (κ1) is 31.4. The van der Waals surface area contributed by atoms with Crippen LogP contribution >= 0.6 is 69.5 Å². The summed E-state index contributed by atoms with van der Waals surface area (Å²) >= 11 is 27.8. The Morgan fingerprint density at radius 3 is 2.38 bits per heavy atom. The molecule has 1 atom stereocenters. The number of rotatable bonds is 6. The average Bonchev–Trinajstić information content (AvgIpc) is 3.71. The van der Waals surface area contributed by atoms with Gasteiger partial charge in [-0.2, -0.15) is 0 Å². The summed E-state index contributed by atoms with van der Waals surface area (Å²) in [5.74, 6) is -1.05. The Hall–Kier alpha value is -3.90. The maximum atomic E-state index is 15.1. The Morgan fingerprint density at radius 1 is 0.812 bits per heavy atom. The van der Waals surface area contributed by atoms with Crippen molar-refractivity contribution in [1.29, 1.82) is 0 Å². The Labute approximate surface area is 300 Å². The van der Waals surface area contributed by atoms with Crippen LogP contribution in [0.1, 0.15) is 32.8 Å². The molecule has 0 bridgehead atoms. The lowest BCUT2D eigenvalue weighted by molar-refractivity contribution is -0.121. The van der Waals surface area contributed by atoms with E-state index in [-0.39, 0.29) is 34.0 Å². The van der Waals surface area contributed by atoms with E-state index in [0.29, 0.717) is 47.0 Å². The molecule has 0 radical (unpaired) electrons. The van der Waals surface area contributed by atoms with Gasteiger partial charge in [0.25, 0.3) is 11.8 Å². The maximum Gasteiger partial charge on any atom is 0.297 e. The molecule has 2 aliphatic rings. The van der Waals surface area contributed by atoms with Crippen molar-refractivity contribution in [3.63, 3.8) is 0 Å². The van der Waals surface area contributed by atoms with Crippen LogP contribution in [0.4, 0.5) is 10.8 Å². The van der Waals surface area contributed by atoms with E-state index >= 15 is 4.79 Å². The van der Waals surface area contributed by atoms with E-state index < -0.39 is 22.8 Å². The average molecular weight is 752 g/mol. The van der Waals surface area contributed by atoms with Gasteiger partial charge < -0.3 is 9.32 Å². The zero-order valence-corrected chi connectivity index (χ0v) is 28.9. The van der Waals surface area contributed by atoms with Gasteiger partial charge >= 0.3 is 0 Å². The third-order valence-corrected chi connectivity index (χ3v) is 11.6. The summed E-state index contributed by atoms with van der Waals surface area (Å²) in [6.07, 6.45) is 0. The summed E-state index contributed by atoms with van der Waals surface area (Å²) in [5.41, 5.74) is -0.0173. The molecule has 0 saturated heterocycles. The van der Waals surface area contributed by atoms with E-state index in [0.717, 1.165) is 16.9 Å². The third kappa shape index (κ3) is 4.77. The second-order valence-electron chi connectivity index (χ2n) is 11.0. The minimum atomic E-state index is -1.96. The van der Waals surface area contributed by atoms with Crippen LogP contribution in [0.25, 0.3) is 11.0 Å². The number of aromatic nitrogens is 2. The lowest BCUT2D eigenvalue weighted by atomic mass is 9.84. The van der Waals surface area contributed by atoms with Gasteiger partial charge in [-0.05, 0) is 53.6 Å². The molecule has 238 valence electrons. The predicted molar refractivity (Wildman–Crippen MR) is 190 cm³/mol. The number of amides is 2. The van der Waals surface area contributed by atoms with Crippen molar-refractivity contribution in [3.8, 4) is 0 Å². The quantitative estimate of drug-likeness (QED) is 0.124. The molecule has 0 saturated carbocycles. The molecule has 4 aromatic carbocycles. The first-order chi connectivity index (χ1) is 23.2. The molecule has 1 spiro atoms. The standard InChI is InChI=1S/C34H18Cl4N4O4S2/c35-19-11-12-26-21(13-19)28(43)27-29(46-26)30(44)42(32-39-40-33(48-32)47-16-18-9-10-20(36)14-24(18)38)34(27)22-6-2-4-8-25(22)41(31(34)45)15-17-5-1-3-7-23(17)37/h1-14H,15-16H2. The smallest absolute Gasteiger partial charge is 0.297 e. The third-order valence-electron chi connectivity index (χ3n) is 8.33. The SMILES string of the molecule is O=C1c2oc3ccc(Cl)cc3c(=O)c2C2(C(=O)N(Cc3ccccc3Cl)c3ccccc32)N1c1nnc(SCc2ccc(Cl)cc2Cl)s1. The van der Waals surface area contributed by atoms with Gasteiger partial charge in [-0.1, -0.05) is 112 Å². The van der Waals surface area contributed by atoms with Gasteiger partial charge in [0.1, 0.15) is 5.58 Å². The number of halogens is 4. The summed E-state index contributed by atoms with van der Waals surface area (Å²) < 4.78 is 6.66. The lowest BCUT2D eigenvalue weighted by Gasteiger charge is -2.32. The highest BCUT2D eigenvalue weighted by atomic mass is 35.5. The largest absolute Gasteiger partial charge is 0.450 e. The highest BCUT2D eigenvalue weighted by molar-refractivity contribution is 8.00. The highest BCUT2D eigenvalue weighted by Crippen LogP contribution is 2.55. The van der Waals surface area contributed by atoms with Crippen molar-refractivity contribution >= 4 is 103 Å². The molecule has 8 nitrogen and oxygen atoms in total. The Morgan fingerprint density at radius 2 is 1.56 bits per heavy atom. The first-order valence-electron chi connectivity index (χ1n) is 14.3. The fourth-order valence-corrected chi connectivity index (χ4v) is 9.04. The van der Waals surface area contributed by atoms with Crippen molar-refractivity contribution in [3.05, 3.63) is 143 Å². The fraction of sp³-hybridized carbons (Fsp3) is 0.0882.